The maximum absolute atomic E-state index is 11.1. The van der Waals surface area contributed by atoms with Crippen molar-refractivity contribution in [3.05, 3.63) is 58.1 Å². The molecule has 26 heavy (non-hydrogen) atoms. The number of nitriles is 1. The van der Waals surface area contributed by atoms with Crippen LogP contribution in [-0.2, 0) is 9.53 Å². The molecular formula is C18H15N3O3S2. The Morgan fingerprint density at radius 2 is 2.19 bits per heavy atom. The number of carbonyl (C=O) groups excluding carboxylic acids is 1. The number of dihydropyridines is 1. The third-order valence-electron chi connectivity index (χ3n) is 3.68. The molecule has 2 heterocycles. The third kappa shape index (κ3) is 3.90. The standard InChI is InChI=1S/C18H15N3O3S2/c1-23-16(22)10-24-12-4-2-11(3-5-12)13-8-15(18-20-6-7-26-18)21-17(25)14(13)9-19/h2-8,17,21,25H,10H2,1H3. The highest BCUT2D eigenvalue weighted by molar-refractivity contribution is 7.81. The van der Waals surface area contributed by atoms with E-state index in [1.807, 2.05) is 23.6 Å². The van der Waals surface area contributed by atoms with Crippen molar-refractivity contribution in [1.29, 1.82) is 5.26 Å². The molecule has 0 aliphatic carbocycles. The van der Waals surface area contributed by atoms with Crippen LogP contribution in [0.3, 0.4) is 0 Å². The Bertz CT molecular complexity index is 897. The minimum absolute atomic E-state index is 0.154. The molecule has 1 aromatic heterocycles. The number of benzene rings is 1. The lowest BCUT2D eigenvalue weighted by atomic mass is 9.96. The van der Waals surface area contributed by atoms with Gasteiger partial charge in [0.05, 0.1) is 24.4 Å². The second-order valence-electron chi connectivity index (χ2n) is 5.27. The minimum atomic E-state index is -0.448. The Labute approximate surface area is 160 Å². The van der Waals surface area contributed by atoms with Crippen molar-refractivity contribution in [2.45, 2.75) is 5.37 Å². The minimum Gasteiger partial charge on any atom is -0.482 e. The topological polar surface area (TPSA) is 84.2 Å². The molecule has 8 heteroatoms. The number of allylic oxidation sites excluding steroid dienone is 2. The van der Waals surface area contributed by atoms with Crippen LogP contribution >= 0.6 is 24.0 Å². The predicted octanol–water partition coefficient (Wildman–Crippen LogP) is 2.87. The van der Waals surface area contributed by atoms with Gasteiger partial charge in [-0.15, -0.1) is 24.0 Å². The Morgan fingerprint density at radius 3 is 2.81 bits per heavy atom. The van der Waals surface area contributed by atoms with E-state index in [9.17, 15) is 10.1 Å². The Hall–Kier alpha value is -2.76. The van der Waals surface area contributed by atoms with Crippen molar-refractivity contribution in [3.63, 3.8) is 0 Å². The number of ether oxygens (including phenoxy) is 2. The first-order valence-electron chi connectivity index (χ1n) is 7.63. The zero-order valence-corrected chi connectivity index (χ0v) is 15.5. The van der Waals surface area contributed by atoms with E-state index in [2.05, 4.69) is 33.7 Å². The first-order chi connectivity index (χ1) is 12.6. The molecule has 0 saturated heterocycles. The second-order valence-corrected chi connectivity index (χ2v) is 6.68. The maximum atomic E-state index is 11.1. The molecule has 0 amide bonds. The molecule has 1 atom stereocenters. The summed E-state index contributed by atoms with van der Waals surface area (Å²) in [7, 11) is 1.31. The van der Waals surface area contributed by atoms with Gasteiger partial charge in [-0.25, -0.2) is 9.78 Å². The summed E-state index contributed by atoms with van der Waals surface area (Å²) in [5, 5.41) is 15.0. The van der Waals surface area contributed by atoms with Crippen LogP contribution in [0.2, 0.25) is 0 Å². The maximum Gasteiger partial charge on any atom is 0.343 e. The van der Waals surface area contributed by atoms with Gasteiger partial charge in [0.15, 0.2) is 6.61 Å². The van der Waals surface area contributed by atoms with Gasteiger partial charge in [0.25, 0.3) is 0 Å². The second kappa shape index (κ2) is 8.08. The highest BCUT2D eigenvalue weighted by atomic mass is 32.1. The summed E-state index contributed by atoms with van der Waals surface area (Å²) in [5.41, 5.74) is 2.97. The van der Waals surface area contributed by atoms with E-state index in [4.69, 9.17) is 4.74 Å². The molecule has 1 aromatic carbocycles. The fourth-order valence-electron chi connectivity index (χ4n) is 2.40. The molecule has 1 N–H and O–H groups in total. The summed E-state index contributed by atoms with van der Waals surface area (Å²) in [4.78, 5) is 15.4. The van der Waals surface area contributed by atoms with E-state index in [0.29, 0.717) is 11.3 Å². The van der Waals surface area contributed by atoms with Crippen LogP contribution in [0, 0.1) is 11.3 Å². The van der Waals surface area contributed by atoms with Crippen molar-refractivity contribution < 1.29 is 14.3 Å². The number of thiazole rings is 1. The number of methoxy groups -OCH3 is 1. The zero-order valence-electron chi connectivity index (χ0n) is 13.8. The fourth-order valence-corrected chi connectivity index (χ4v) is 3.36. The van der Waals surface area contributed by atoms with Crippen LogP contribution in [0.15, 0.2) is 47.5 Å². The SMILES string of the molecule is COC(=O)COc1ccc(C2=C(C#N)C(S)NC(c3nccs3)=C2)cc1. The Morgan fingerprint density at radius 1 is 1.42 bits per heavy atom. The van der Waals surface area contributed by atoms with E-state index >= 15 is 0 Å². The van der Waals surface area contributed by atoms with E-state index in [1.165, 1.54) is 18.4 Å². The molecule has 6 nitrogen and oxygen atoms in total. The molecule has 1 aliphatic rings. The van der Waals surface area contributed by atoms with Crippen molar-refractivity contribution >= 4 is 41.2 Å². The smallest absolute Gasteiger partial charge is 0.343 e. The van der Waals surface area contributed by atoms with Gasteiger partial charge >= 0.3 is 5.97 Å². The summed E-state index contributed by atoms with van der Waals surface area (Å²) in [6.45, 7) is -0.154. The molecule has 0 fully saturated rings. The number of nitrogens with zero attached hydrogens (tertiary/aromatic N) is 2. The van der Waals surface area contributed by atoms with E-state index in [1.54, 1.807) is 18.3 Å². The van der Waals surface area contributed by atoms with Crippen molar-refractivity contribution in [1.82, 2.24) is 10.3 Å². The average Bonchev–Trinajstić information content (AvgIpc) is 3.20. The van der Waals surface area contributed by atoms with Crippen molar-refractivity contribution in [3.8, 4) is 11.8 Å². The van der Waals surface area contributed by atoms with Crippen LogP contribution in [-0.4, -0.2) is 30.0 Å². The van der Waals surface area contributed by atoms with Gasteiger partial charge in [-0.2, -0.15) is 5.26 Å². The van der Waals surface area contributed by atoms with E-state index in [0.717, 1.165) is 21.8 Å². The summed E-state index contributed by atoms with van der Waals surface area (Å²) < 4.78 is 9.89. The lowest BCUT2D eigenvalue weighted by Crippen LogP contribution is -2.28. The lowest BCUT2D eigenvalue weighted by molar-refractivity contribution is -0.142. The molecule has 0 saturated carbocycles. The molecule has 2 aromatic rings. The predicted molar refractivity (Wildman–Crippen MR) is 102 cm³/mol. The molecule has 0 bridgehead atoms. The zero-order chi connectivity index (χ0) is 18.5. The first kappa shape index (κ1) is 18.0. The summed E-state index contributed by atoms with van der Waals surface area (Å²) >= 11 is 6.00. The van der Waals surface area contributed by atoms with E-state index in [-0.39, 0.29) is 6.61 Å². The summed E-state index contributed by atoms with van der Waals surface area (Å²) in [6.07, 6.45) is 3.63. The molecule has 1 aliphatic heterocycles. The number of esters is 1. The van der Waals surface area contributed by atoms with Crippen LogP contribution < -0.4 is 10.1 Å². The summed E-state index contributed by atoms with van der Waals surface area (Å²) in [6, 6.07) is 9.37. The van der Waals surface area contributed by atoms with Crippen LogP contribution in [0.25, 0.3) is 11.3 Å². The van der Waals surface area contributed by atoms with Gasteiger partial charge in [0.1, 0.15) is 16.1 Å². The van der Waals surface area contributed by atoms with Gasteiger partial charge in [-0.1, -0.05) is 12.1 Å². The normalized spacial score (nSPS) is 16.3. The fraction of sp³-hybridized carbons (Fsp3) is 0.167. The molecule has 3 rings (SSSR count). The highest BCUT2D eigenvalue weighted by Crippen LogP contribution is 2.32. The molecule has 1 unspecified atom stereocenters. The molecular weight excluding hydrogens is 370 g/mol. The third-order valence-corrected chi connectivity index (χ3v) is 4.87. The highest BCUT2D eigenvalue weighted by Gasteiger charge is 2.23. The Kier molecular flexibility index (Phi) is 5.61. The molecule has 132 valence electrons. The number of carbonyl (C=O) groups is 1. The summed E-state index contributed by atoms with van der Waals surface area (Å²) in [5.74, 6) is 0.0922. The van der Waals surface area contributed by atoms with Gasteiger partial charge in [0, 0.05) is 17.2 Å². The molecule has 0 radical (unpaired) electrons. The Balaban J connectivity index is 1.90. The van der Waals surface area contributed by atoms with Gasteiger partial charge in [0.2, 0.25) is 0 Å². The van der Waals surface area contributed by atoms with Crippen molar-refractivity contribution in [2.24, 2.45) is 0 Å². The largest absolute Gasteiger partial charge is 0.482 e. The van der Waals surface area contributed by atoms with E-state index < -0.39 is 11.3 Å². The van der Waals surface area contributed by atoms with Crippen molar-refractivity contribution in [2.75, 3.05) is 13.7 Å². The van der Waals surface area contributed by atoms with Gasteiger partial charge < -0.3 is 14.8 Å². The lowest BCUT2D eigenvalue weighted by Gasteiger charge is -2.23. The van der Waals surface area contributed by atoms with Crippen LogP contribution in [0.1, 0.15) is 10.6 Å². The van der Waals surface area contributed by atoms with Gasteiger partial charge in [-0.3, -0.25) is 0 Å². The monoisotopic (exact) mass is 385 g/mol. The number of hydrogen-bond donors (Lipinski definition) is 2. The van der Waals surface area contributed by atoms with Crippen LogP contribution in [0.5, 0.6) is 5.75 Å². The quantitative estimate of drug-likeness (QED) is 0.608. The van der Waals surface area contributed by atoms with Crippen LogP contribution in [0.4, 0.5) is 0 Å². The number of aromatic nitrogens is 1. The number of hydrogen-bond acceptors (Lipinski definition) is 8. The molecule has 0 spiro atoms. The number of nitrogens with one attached hydrogen (secondary N) is 1. The first-order valence-corrected chi connectivity index (χ1v) is 9.02. The number of thiol groups is 1. The average molecular weight is 385 g/mol. The van der Waals surface area contributed by atoms with Gasteiger partial charge in [-0.05, 0) is 23.8 Å². The number of rotatable bonds is 5.